The molecule has 1 unspecified atom stereocenters. The summed E-state index contributed by atoms with van der Waals surface area (Å²) >= 11 is 0. The van der Waals surface area contributed by atoms with Gasteiger partial charge in [0.25, 0.3) is 0 Å². The molecule has 0 radical (unpaired) electrons. The molecule has 4 nitrogen and oxygen atoms in total. The number of rotatable bonds is 6. The number of nitrogens with one attached hydrogen (secondary N) is 2. The highest BCUT2D eigenvalue weighted by molar-refractivity contribution is 5.73. The predicted molar refractivity (Wildman–Crippen MR) is 82.8 cm³/mol. The van der Waals surface area contributed by atoms with E-state index in [2.05, 4.69) is 17.6 Å². The van der Waals surface area contributed by atoms with Gasteiger partial charge in [0.1, 0.15) is 5.82 Å². The Bertz CT molecular complexity index is 492. The zero-order valence-corrected chi connectivity index (χ0v) is 12.8. The van der Waals surface area contributed by atoms with Gasteiger partial charge in [-0.1, -0.05) is 19.1 Å². The normalized spacial score (nSPS) is 18.0. The van der Waals surface area contributed by atoms with Crippen LogP contribution in [0.3, 0.4) is 0 Å². The van der Waals surface area contributed by atoms with Gasteiger partial charge in [-0.2, -0.15) is 0 Å². The molecule has 2 N–H and O–H groups in total. The first kappa shape index (κ1) is 15.8. The minimum atomic E-state index is -0.186. The number of hydrogen-bond donors (Lipinski definition) is 2. The Hall–Kier alpha value is -1.62. The molecule has 1 heterocycles. The van der Waals surface area contributed by atoms with Crippen LogP contribution in [0.5, 0.6) is 0 Å². The summed E-state index contributed by atoms with van der Waals surface area (Å²) in [4.78, 5) is 13.2. The van der Waals surface area contributed by atoms with Crippen molar-refractivity contribution in [1.29, 1.82) is 0 Å². The van der Waals surface area contributed by atoms with Gasteiger partial charge in [0.05, 0.1) is 5.69 Å². The molecule has 1 fully saturated rings. The molecular weight excluding hydrogens is 269 g/mol. The molecule has 1 aromatic carbocycles. The lowest BCUT2D eigenvalue weighted by atomic mass is 10.1. The highest BCUT2D eigenvalue weighted by atomic mass is 19.1. The number of anilines is 1. The molecule has 0 aliphatic carbocycles. The van der Waals surface area contributed by atoms with Crippen LogP contribution in [0.1, 0.15) is 32.3 Å². The third-order valence-electron chi connectivity index (χ3n) is 3.72. The summed E-state index contributed by atoms with van der Waals surface area (Å²) in [6.07, 6.45) is 1.91. The molecule has 0 aromatic heterocycles. The maximum Gasteiger partial charge on any atom is 0.217 e. The quantitative estimate of drug-likeness (QED) is 0.789. The Morgan fingerprint density at radius 3 is 3.00 bits per heavy atom. The number of para-hydroxylation sites is 1. The molecule has 0 bridgehead atoms. The van der Waals surface area contributed by atoms with Crippen molar-refractivity contribution in [3.63, 3.8) is 0 Å². The van der Waals surface area contributed by atoms with E-state index >= 15 is 0 Å². The van der Waals surface area contributed by atoms with Crippen LogP contribution in [-0.2, 0) is 11.3 Å². The Kier molecular flexibility index (Phi) is 5.56. The van der Waals surface area contributed by atoms with Crippen LogP contribution in [0.4, 0.5) is 10.1 Å². The van der Waals surface area contributed by atoms with E-state index in [9.17, 15) is 9.18 Å². The highest BCUT2D eigenvalue weighted by Gasteiger charge is 2.26. The predicted octanol–water partition coefficient (Wildman–Crippen LogP) is 2.04. The van der Waals surface area contributed by atoms with E-state index in [1.165, 1.54) is 13.0 Å². The zero-order chi connectivity index (χ0) is 15.2. The Labute approximate surface area is 125 Å². The fourth-order valence-electron chi connectivity index (χ4n) is 2.83. The van der Waals surface area contributed by atoms with Gasteiger partial charge in [-0.25, -0.2) is 4.39 Å². The number of hydrogen-bond acceptors (Lipinski definition) is 3. The molecule has 5 heteroatoms. The van der Waals surface area contributed by atoms with Crippen LogP contribution in [0.2, 0.25) is 0 Å². The third-order valence-corrected chi connectivity index (χ3v) is 3.72. The molecule has 2 rings (SSSR count). The summed E-state index contributed by atoms with van der Waals surface area (Å²) < 4.78 is 14.2. The maximum absolute atomic E-state index is 14.2. The molecule has 1 aliphatic heterocycles. The highest BCUT2D eigenvalue weighted by Crippen LogP contribution is 2.28. The standard InChI is InChI=1S/C16H24FN3O/c1-3-8-18-10-13-5-4-6-15(17)16(13)20-9-7-14(11-20)19-12(2)21/h4-6,14,18H,3,7-11H2,1-2H3,(H,19,21). The van der Waals surface area contributed by atoms with Crippen molar-refractivity contribution in [2.24, 2.45) is 0 Å². The minimum absolute atomic E-state index is 0.0276. The topological polar surface area (TPSA) is 44.4 Å². The van der Waals surface area contributed by atoms with E-state index in [0.29, 0.717) is 18.8 Å². The van der Waals surface area contributed by atoms with Gasteiger partial charge in [-0.05, 0) is 31.0 Å². The number of carbonyl (C=O) groups is 1. The van der Waals surface area contributed by atoms with Crippen molar-refractivity contribution in [1.82, 2.24) is 10.6 Å². The monoisotopic (exact) mass is 293 g/mol. The second-order valence-electron chi connectivity index (χ2n) is 5.56. The summed E-state index contributed by atoms with van der Waals surface area (Å²) in [6, 6.07) is 5.33. The van der Waals surface area contributed by atoms with Crippen molar-refractivity contribution in [3.05, 3.63) is 29.6 Å². The van der Waals surface area contributed by atoms with Gasteiger partial charge in [0.2, 0.25) is 5.91 Å². The molecule has 1 amide bonds. The number of carbonyl (C=O) groups excluding carboxylic acids is 1. The van der Waals surface area contributed by atoms with Crippen LogP contribution in [0.15, 0.2) is 18.2 Å². The van der Waals surface area contributed by atoms with E-state index in [0.717, 1.165) is 31.5 Å². The maximum atomic E-state index is 14.2. The lowest BCUT2D eigenvalue weighted by molar-refractivity contribution is -0.119. The average Bonchev–Trinajstić information content (AvgIpc) is 2.86. The molecule has 1 atom stereocenters. The van der Waals surface area contributed by atoms with Crippen molar-refractivity contribution in [2.45, 2.75) is 39.3 Å². The number of halogens is 1. The smallest absolute Gasteiger partial charge is 0.217 e. The Balaban J connectivity index is 2.09. The van der Waals surface area contributed by atoms with Gasteiger partial charge >= 0.3 is 0 Å². The molecule has 1 saturated heterocycles. The van der Waals surface area contributed by atoms with E-state index in [-0.39, 0.29) is 17.8 Å². The zero-order valence-electron chi connectivity index (χ0n) is 12.8. The summed E-state index contributed by atoms with van der Waals surface area (Å²) in [5.41, 5.74) is 1.65. The van der Waals surface area contributed by atoms with Crippen LogP contribution in [0.25, 0.3) is 0 Å². The van der Waals surface area contributed by atoms with E-state index < -0.39 is 0 Å². The summed E-state index contributed by atoms with van der Waals surface area (Å²) in [5, 5.41) is 6.24. The average molecular weight is 293 g/mol. The largest absolute Gasteiger partial charge is 0.367 e. The molecule has 0 saturated carbocycles. The third kappa shape index (κ3) is 4.17. The molecule has 0 spiro atoms. The van der Waals surface area contributed by atoms with Crippen LogP contribution in [-0.4, -0.2) is 31.6 Å². The number of nitrogens with zero attached hydrogens (tertiary/aromatic N) is 1. The Morgan fingerprint density at radius 2 is 2.29 bits per heavy atom. The SMILES string of the molecule is CCCNCc1cccc(F)c1N1CCC(NC(C)=O)C1. The molecule has 116 valence electrons. The summed E-state index contributed by atoms with van der Waals surface area (Å²) in [7, 11) is 0. The van der Waals surface area contributed by atoms with Gasteiger partial charge < -0.3 is 15.5 Å². The fourth-order valence-corrected chi connectivity index (χ4v) is 2.83. The van der Waals surface area contributed by atoms with Crippen molar-refractivity contribution < 1.29 is 9.18 Å². The van der Waals surface area contributed by atoms with Gasteiger partial charge in [-0.3, -0.25) is 4.79 Å². The van der Waals surface area contributed by atoms with E-state index in [1.807, 2.05) is 11.0 Å². The van der Waals surface area contributed by atoms with Gasteiger partial charge in [0, 0.05) is 32.6 Å². The van der Waals surface area contributed by atoms with Gasteiger partial charge in [0.15, 0.2) is 0 Å². The lowest BCUT2D eigenvalue weighted by Crippen LogP contribution is -2.36. The second kappa shape index (κ2) is 7.41. The van der Waals surface area contributed by atoms with Crippen molar-refractivity contribution in [3.8, 4) is 0 Å². The van der Waals surface area contributed by atoms with Crippen LogP contribution in [0, 0.1) is 5.82 Å². The first-order chi connectivity index (χ1) is 10.1. The summed E-state index contributed by atoms with van der Waals surface area (Å²) in [5.74, 6) is -0.213. The van der Waals surface area contributed by atoms with E-state index in [4.69, 9.17) is 0 Å². The minimum Gasteiger partial charge on any atom is -0.367 e. The Morgan fingerprint density at radius 1 is 1.48 bits per heavy atom. The van der Waals surface area contributed by atoms with Crippen molar-refractivity contribution in [2.75, 3.05) is 24.5 Å². The molecule has 1 aromatic rings. The van der Waals surface area contributed by atoms with Crippen molar-refractivity contribution >= 4 is 11.6 Å². The van der Waals surface area contributed by atoms with Gasteiger partial charge in [-0.15, -0.1) is 0 Å². The molecular formula is C16H24FN3O. The molecule has 21 heavy (non-hydrogen) atoms. The van der Waals surface area contributed by atoms with Crippen LogP contribution < -0.4 is 15.5 Å². The second-order valence-corrected chi connectivity index (χ2v) is 5.56. The lowest BCUT2D eigenvalue weighted by Gasteiger charge is -2.23. The number of benzene rings is 1. The van der Waals surface area contributed by atoms with E-state index in [1.54, 1.807) is 6.07 Å². The first-order valence-electron chi connectivity index (χ1n) is 7.62. The first-order valence-corrected chi connectivity index (χ1v) is 7.62. The summed E-state index contributed by atoms with van der Waals surface area (Å²) in [6.45, 7) is 6.66. The van der Waals surface area contributed by atoms with Crippen LogP contribution >= 0.6 is 0 Å². The number of amides is 1. The molecule has 1 aliphatic rings. The fraction of sp³-hybridized carbons (Fsp3) is 0.562.